The van der Waals surface area contributed by atoms with E-state index in [1.807, 2.05) is 6.92 Å². The number of piperidine rings is 1. The second kappa shape index (κ2) is 8.53. The van der Waals surface area contributed by atoms with Gasteiger partial charge >= 0.3 is 15.5 Å². The van der Waals surface area contributed by atoms with Crippen molar-refractivity contribution in [1.29, 1.82) is 0 Å². The standard InChI is InChI=1S/C14H25F3N4O3S2/c1-2-18-12(19-9-13(22)5-8-25-10-13)20-11-3-6-21(7-4-11)26(23,24)14(15,16)17/h11,22H,2-10H2,1H3,(H2,18,19,20). The molecule has 0 saturated carbocycles. The van der Waals surface area contributed by atoms with E-state index in [2.05, 4.69) is 15.6 Å². The van der Waals surface area contributed by atoms with Crippen molar-refractivity contribution in [3.8, 4) is 0 Å². The molecule has 2 heterocycles. The third-order valence-electron chi connectivity index (χ3n) is 4.39. The summed E-state index contributed by atoms with van der Waals surface area (Å²) in [7, 11) is -5.27. The predicted molar refractivity (Wildman–Crippen MR) is 95.6 cm³/mol. The number of nitrogens with zero attached hydrogens (tertiary/aromatic N) is 2. The van der Waals surface area contributed by atoms with Crippen LogP contribution >= 0.6 is 11.8 Å². The number of hydrogen-bond acceptors (Lipinski definition) is 5. The molecular formula is C14H25F3N4O3S2. The van der Waals surface area contributed by atoms with Crippen LogP contribution in [0.15, 0.2) is 4.99 Å². The van der Waals surface area contributed by atoms with Crippen molar-refractivity contribution in [2.75, 3.05) is 37.7 Å². The van der Waals surface area contributed by atoms with Crippen LogP contribution in [0.1, 0.15) is 26.2 Å². The zero-order chi connectivity index (χ0) is 19.4. The largest absolute Gasteiger partial charge is 0.511 e. The Hall–Kier alpha value is -0.720. The van der Waals surface area contributed by atoms with Gasteiger partial charge in [-0.2, -0.15) is 29.2 Å². The summed E-state index contributed by atoms with van der Waals surface area (Å²) in [5.74, 6) is 2.00. The Labute approximate surface area is 155 Å². The number of aliphatic hydroxyl groups is 1. The van der Waals surface area contributed by atoms with Crippen LogP contribution < -0.4 is 10.6 Å². The van der Waals surface area contributed by atoms with Gasteiger partial charge < -0.3 is 15.7 Å². The molecule has 0 spiro atoms. The minimum Gasteiger partial charge on any atom is -0.387 e. The van der Waals surface area contributed by atoms with Crippen LogP contribution in [0.5, 0.6) is 0 Å². The van der Waals surface area contributed by atoms with Gasteiger partial charge in [0.25, 0.3) is 0 Å². The van der Waals surface area contributed by atoms with Crippen LogP contribution in [0, 0.1) is 0 Å². The van der Waals surface area contributed by atoms with Crippen molar-refractivity contribution in [1.82, 2.24) is 14.9 Å². The van der Waals surface area contributed by atoms with Gasteiger partial charge in [0, 0.05) is 31.4 Å². The van der Waals surface area contributed by atoms with Gasteiger partial charge in [-0.15, -0.1) is 0 Å². The van der Waals surface area contributed by atoms with Gasteiger partial charge in [0.1, 0.15) is 0 Å². The lowest BCUT2D eigenvalue weighted by Gasteiger charge is -2.32. The molecule has 0 aromatic rings. The van der Waals surface area contributed by atoms with Gasteiger partial charge in [-0.1, -0.05) is 0 Å². The van der Waals surface area contributed by atoms with Crippen LogP contribution in [-0.4, -0.2) is 78.6 Å². The van der Waals surface area contributed by atoms with Gasteiger partial charge in [-0.3, -0.25) is 4.99 Å². The molecule has 2 saturated heterocycles. The highest BCUT2D eigenvalue weighted by Crippen LogP contribution is 2.29. The molecule has 12 heteroatoms. The first-order chi connectivity index (χ1) is 12.1. The summed E-state index contributed by atoms with van der Waals surface area (Å²) in [6, 6.07) is -0.180. The lowest BCUT2D eigenvalue weighted by Crippen LogP contribution is -2.52. The average Bonchev–Trinajstić information content (AvgIpc) is 2.99. The maximum Gasteiger partial charge on any atom is 0.511 e. The number of sulfonamides is 1. The summed E-state index contributed by atoms with van der Waals surface area (Å²) < 4.78 is 61.2. The normalized spacial score (nSPS) is 26.9. The van der Waals surface area contributed by atoms with Crippen molar-refractivity contribution >= 4 is 27.7 Å². The fourth-order valence-corrected chi connectivity index (χ4v) is 5.12. The number of hydrogen-bond donors (Lipinski definition) is 3. The molecule has 0 bridgehead atoms. The zero-order valence-electron chi connectivity index (χ0n) is 14.5. The monoisotopic (exact) mass is 418 g/mol. The molecule has 0 aliphatic carbocycles. The van der Waals surface area contributed by atoms with Gasteiger partial charge in [0.15, 0.2) is 5.96 Å². The zero-order valence-corrected chi connectivity index (χ0v) is 16.2. The number of nitrogens with one attached hydrogen (secondary N) is 2. The van der Waals surface area contributed by atoms with Gasteiger partial charge in [0.2, 0.25) is 0 Å². The molecule has 2 aliphatic rings. The first-order valence-corrected chi connectivity index (χ1v) is 11.1. The molecule has 1 atom stereocenters. The number of thioether (sulfide) groups is 1. The van der Waals surface area contributed by atoms with Crippen molar-refractivity contribution in [2.24, 2.45) is 4.99 Å². The topological polar surface area (TPSA) is 94.0 Å². The Morgan fingerprint density at radius 1 is 1.38 bits per heavy atom. The molecule has 0 radical (unpaired) electrons. The molecule has 0 aromatic carbocycles. The van der Waals surface area contributed by atoms with E-state index < -0.39 is 21.1 Å². The number of alkyl halides is 3. The fraction of sp³-hybridized carbons (Fsp3) is 0.929. The Kier molecular flexibility index (Phi) is 7.08. The third kappa shape index (κ3) is 5.40. The quantitative estimate of drug-likeness (QED) is 0.450. The van der Waals surface area contributed by atoms with E-state index in [1.54, 1.807) is 11.8 Å². The maximum atomic E-state index is 12.6. The van der Waals surface area contributed by atoms with Gasteiger partial charge in [-0.25, -0.2) is 8.42 Å². The van der Waals surface area contributed by atoms with Crippen molar-refractivity contribution in [3.63, 3.8) is 0 Å². The van der Waals surface area contributed by atoms with Crippen molar-refractivity contribution in [2.45, 2.75) is 43.3 Å². The minimum atomic E-state index is -5.27. The molecule has 7 nitrogen and oxygen atoms in total. The average molecular weight is 419 g/mol. The molecule has 2 rings (SSSR count). The first kappa shape index (κ1) is 21.6. The highest BCUT2D eigenvalue weighted by molar-refractivity contribution is 7.99. The minimum absolute atomic E-state index is 0.180. The summed E-state index contributed by atoms with van der Waals surface area (Å²) in [6.07, 6.45) is 1.17. The third-order valence-corrected chi connectivity index (χ3v) is 7.25. The second-order valence-electron chi connectivity index (χ2n) is 6.49. The van der Waals surface area contributed by atoms with E-state index in [1.165, 1.54) is 0 Å². The molecule has 152 valence electrons. The number of guanidine groups is 1. The second-order valence-corrected chi connectivity index (χ2v) is 9.53. The Bertz CT molecular complexity index is 599. The lowest BCUT2D eigenvalue weighted by molar-refractivity contribution is -0.0494. The van der Waals surface area contributed by atoms with Crippen LogP contribution in [0.3, 0.4) is 0 Å². The van der Waals surface area contributed by atoms with E-state index in [-0.39, 0.29) is 38.5 Å². The number of halogens is 3. The van der Waals surface area contributed by atoms with Crippen LogP contribution in [0.2, 0.25) is 0 Å². The van der Waals surface area contributed by atoms with E-state index in [0.29, 0.717) is 29.0 Å². The van der Waals surface area contributed by atoms with Crippen molar-refractivity contribution < 1.29 is 26.7 Å². The summed E-state index contributed by atoms with van der Waals surface area (Å²) in [5.41, 5.74) is -6.09. The summed E-state index contributed by atoms with van der Waals surface area (Å²) >= 11 is 1.67. The first-order valence-electron chi connectivity index (χ1n) is 8.49. The highest BCUT2D eigenvalue weighted by Gasteiger charge is 2.50. The molecule has 2 aliphatic heterocycles. The van der Waals surface area contributed by atoms with Gasteiger partial charge in [0.05, 0.1) is 12.1 Å². The summed E-state index contributed by atoms with van der Waals surface area (Å²) in [5, 5.41) is 16.5. The lowest BCUT2D eigenvalue weighted by atomic mass is 10.0. The van der Waals surface area contributed by atoms with Crippen LogP contribution in [0.25, 0.3) is 0 Å². The van der Waals surface area contributed by atoms with E-state index >= 15 is 0 Å². The SMILES string of the molecule is CCNC(=NCC1(O)CCSC1)NC1CCN(S(=O)(=O)C(F)(F)F)CC1. The molecule has 3 N–H and O–H groups in total. The Morgan fingerprint density at radius 2 is 2.04 bits per heavy atom. The summed E-state index contributed by atoms with van der Waals surface area (Å²) in [6.45, 7) is 2.34. The van der Waals surface area contributed by atoms with E-state index in [4.69, 9.17) is 0 Å². The van der Waals surface area contributed by atoms with Crippen LogP contribution in [-0.2, 0) is 10.0 Å². The fourth-order valence-electron chi connectivity index (χ4n) is 2.85. The highest BCUT2D eigenvalue weighted by atomic mass is 32.2. The smallest absolute Gasteiger partial charge is 0.387 e. The molecule has 1 unspecified atom stereocenters. The molecule has 26 heavy (non-hydrogen) atoms. The Balaban J connectivity index is 1.91. The maximum absolute atomic E-state index is 12.6. The van der Waals surface area contributed by atoms with Crippen molar-refractivity contribution in [3.05, 3.63) is 0 Å². The number of aliphatic imine (C=N–C) groups is 1. The van der Waals surface area contributed by atoms with E-state index in [9.17, 15) is 26.7 Å². The van der Waals surface area contributed by atoms with E-state index in [0.717, 1.165) is 5.75 Å². The molecule has 0 aromatic heterocycles. The number of rotatable bonds is 5. The summed E-state index contributed by atoms with van der Waals surface area (Å²) in [4.78, 5) is 4.39. The van der Waals surface area contributed by atoms with Gasteiger partial charge in [-0.05, 0) is 31.9 Å². The Morgan fingerprint density at radius 3 is 2.54 bits per heavy atom. The molecule has 2 fully saturated rings. The molecule has 0 amide bonds. The predicted octanol–water partition coefficient (Wildman–Crippen LogP) is 0.723. The van der Waals surface area contributed by atoms with Crippen LogP contribution in [0.4, 0.5) is 13.2 Å². The molecular weight excluding hydrogens is 393 g/mol.